The number of nitrogens with zero attached hydrogens (tertiary/aromatic N) is 4. The van der Waals surface area contributed by atoms with Gasteiger partial charge in [-0.25, -0.2) is 9.98 Å². The molecule has 0 aliphatic carbocycles. The first-order valence-electron chi connectivity index (χ1n) is 10.5. The summed E-state index contributed by atoms with van der Waals surface area (Å²) in [7, 11) is 2.16. The van der Waals surface area contributed by atoms with E-state index in [0.29, 0.717) is 13.1 Å². The van der Waals surface area contributed by atoms with Crippen LogP contribution in [0.15, 0.2) is 41.5 Å². The Morgan fingerprint density at radius 1 is 1.10 bits per heavy atom. The summed E-state index contributed by atoms with van der Waals surface area (Å²) in [6, 6.07) is 10.1. The molecule has 2 aromatic rings. The molecule has 0 amide bonds. The second-order valence-electron chi connectivity index (χ2n) is 7.51. The summed E-state index contributed by atoms with van der Waals surface area (Å²) in [4.78, 5) is 14.1. The van der Waals surface area contributed by atoms with Crippen LogP contribution in [0.4, 0.5) is 5.82 Å². The van der Waals surface area contributed by atoms with Crippen molar-refractivity contribution in [1.29, 1.82) is 0 Å². The third-order valence-electron chi connectivity index (χ3n) is 5.32. The summed E-state index contributed by atoms with van der Waals surface area (Å²) in [5.41, 5.74) is 2.26. The minimum Gasteiger partial charge on any atom is -0.454 e. The fourth-order valence-electron chi connectivity index (χ4n) is 3.60. The molecule has 0 unspecified atom stereocenters. The second-order valence-corrected chi connectivity index (χ2v) is 7.51. The van der Waals surface area contributed by atoms with Gasteiger partial charge in [-0.3, -0.25) is 0 Å². The Balaban J connectivity index is 1.41. The minimum absolute atomic E-state index is 0.285. The normalized spacial score (nSPS) is 16.6. The number of rotatable bonds is 6. The van der Waals surface area contributed by atoms with E-state index < -0.39 is 0 Å². The highest BCUT2D eigenvalue weighted by Crippen LogP contribution is 2.32. The van der Waals surface area contributed by atoms with Gasteiger partial charge in [-0.2, -0.15) is 0 Å². The Kier molecular flexibility index (Phi) is 6.53. The van der Waals surface area contributed by atoms with Crippen LogP contribution >= 0.6 is 0 Å². The van der Waals surface area contributed by atoms with Crippen molar-refractivity contribution in [3.05, 3.63) is 47.7 Å². The number of fused-ring (bicyclic) bond motifs is 1. The van der Waals surface area contributed by atoms with Gasteiger partial charge in [0.1, 0.15) is 5.82 Å². The zero-order chi connectivity index (χ0) is 20.8. The zero-order valence-electron chi connectivity index (χ0n) is 17.7. The van der Waals surface area contributed by atoms with Crippen LogP contribution in [0.5, 0.6) is 11.5 Å². The Labute approximate surface area is 177 Å². The van der Waals surface area contributed by atoms with E-state index in [4.69, 9.17) is 14.5 Å². The number of guanidine groups is 1. The van der Waals surface area contributed by atoms with Gasteiger partial charge in [0, 0.05) is 51.0 Å². The molecule has 2 aliphatic rings. The summed E-state index contributed by atoms with van der Waals surface area (Å²) in [6.07, 6.45) is 1.87. The van der Waals surface area contributed by atoms with Crippen LogP contribution in [0.2, 0.25) is 0 Å². The Morgan fingerprint density at radius 3 is 2.77 bits per heavy atom. The summed E-state index contributed by atoms with van der Waals surface area (Å²) < 4.78 is 10.8. The van der Waals surface area contributed by atoms with Gasteiger partial charge in [0.2, 0.25) is 6.79 Å². The number of nitrogens with one attached hydrogen (secondary N) is 2. The van der Waals surface area contributed by atoms with Gasteiger partial charge < -0.3 is 29.9 Å². The number of hydrogen-bond acceptors (Lipinski definition) is 6. The molecule has 4 rings (SSSR count). The number of piperazine rings is 1. The molecule has 30 heavy (non-hydrogen) atoms. The predicted molar refractivity (Wildman–Crippen MR) is 118 cm³/mol. The van der Waals surface area contributed by atoms with Gasteiger partial charge in [-0.15, -0.1) is 0 Å². The first-order valence-corrected chi connectivity index (χ1v) is 10.5. The van der Waals surface area contributed by atoms with Crippen molar-refractivity contribution in [2.24, 2.45) is 4.99 Å². The number of pyridine rings is 1. The first kappa shape index (κ1) is 20.3. The van der Waals surface area contributed by atoms with E-state index in [2.05, 4.69) is 45.5 Å². The third kappa shape index (κ3) is 4.94. The molecule has 8 nitrogen and oxygen atoms in total. The molecule has 0 spiro atoms. The molecule has 1 fully saturated rings. The monoisotopic (exact) mass is 410 g/mol. The zero-order valence-corrected chi connectivity index (χ0v) is 17.7. The van der Waals surface area contributed by atoms with Gasteiger partial charge in [-0.05, 0) is 37.7 Å². The minimum atomic E-state index is 0.285. The van der Waals surface area contributed by atoms with Gasteiger partial charge in [0.25, 0.3) is 0 Å². The number of anilines is 1. The lowest BCUT2D eigenvalue weighted by Gasteiger charge is -2.34. The molecule has 0 radical (unpaired) electrons. The first-order chi connectivity index (χ1) is 14.7. The number of benzene rings is 1. The van der Waals surface area contributed by atoms with Gasteiger partial charge >= 0.3 is 0 Å². The van der Waals surface area contributed by atoms with Crippen LogP contribution in [0, 0.1) is 0 Å². The van der Waals surface area contributed by atoms with E-state index in [1.165, 1.54) is 5.56 Å². The molecule has 1 aromatic carbocycles. The molecule has 1 saturated heterocycles. The number of ether oxygens (including phenoxy) is 2. The maximum Gasteiger partial charge on any atom is 0.231 e. The number of likely N-dealkylation sites (N-methyl/N-ethyl adjacent to an activating group) is 1. The quantitative estimate of drug-likeness (QED) is 0.556. The van der Waals surface area contributed by atoms with Crippen molar-refractivity contribution in [2.45, 2.75) is 20.0 Å². The van der Waals surface area contributed by atoms with Crippen molar-refractivity contribution >= 4 is 11.8 Å². The lowest BCUT2D eigenvalue weighted by Crippen LogP contribution is -2.45. The van der Waals surface area contributed by atoms with Crippen molar-refractivity contribution in [3.63, 3.8) is 0 Å². The van der Waals surface area contributed by atoms with Crippen molar-refractivity contribution in [2.75, 3.05) is 51.5 Å². The summed E-state index contributed by atoms with van der Waals surface area (Å²) in [5, 5.41) is 6.78. The highest BCUT2D eigenvalue weighted by Gasteiger charge is 2.18. The molecule has 2 N–H and O–H groups in total. The third-order valence-corrected chi connectivity index (χ3v) is 5.32. The Morgan fingerprint density at radius 2 is 1.93 bits per heavy atom. The van der Waals surface area contributed by atoms with Gasteiger partial charge in [-0.1, -0.05) is 12.1 Å². The van der Waals surface area contributed by atoms with Gasteiger partial charge in [0.15, 0.2) is 17.5 Å². The summed E-state index contributed by atoms with van der Waals surface area (Å²) in [6.45, 7) is 8.49. The van der Waals surface area contributed by atoms with E-state index in [1.807, 2.05) is 30.5 Å². The van der Waals surface area contributed by atoms with Crippen LogP contribution in [-0.4, -0.2) is 62.4 Å². The van der Waals surface area contributed by atoms with Crippen molar-refractivity contribution in [1.82, 2.24) is 20.5 Å². The largest absolute Gasteiger partial charge is 0.454 e. The van der Waals surface area contributed by atoms with E-state index >= 15 is 0 Å². The van der Waals surface area contributed by atoms with E-state index in [-0.39, 0.29) is 6.79 Å². The molecule has 2 aliphatic heterocycles. The van der Waals surface area contributed by atoms with E-state index in [1.54, 1.807) is 0 Å². The van der Waals surface area contributed by atoms with Crippen LogP contribution in [-0.2, 0) is 13.1 Å². The fourth-order valence-corrected chi connectivity index (χ4v) is 3.60. The van der Waals surface area contributed by atoms with E-state index in [9.17, 15) is 0 Å². The topological polar surface area (TPSA) is 74.2 Å². The van der Waals surface area contributed by atoms with Crippen LogP contribution in [0.25, 0.3) is 0 Å². The molecule has 0 atom stereocenters. The van der Waals surface area contributed by atoms with Gasteiger partial charge in [0.05, 0.1) is 6.54 Å². The lowest BCUT2D eigenvalue weighted by atomic mass is 10.2. The smallest absolute Gasteiger partial charge is 0.231 e. The number of aliphatic imine (C=N–C) groups is 1. The highest BCUT2D eigenvalue weighted by atomic mass is 16.7. The predicted octanol–water partition coefficient (Wildman–Crippen LogP) is 1.82. The lowest BCUT2D eigenvalue weighted by molar-refractivity contribution is 0.174. The molecule has 160 valence electrons. The molecule has 0 bridgehead atoms. The van der Waals surface area contributed by atoms with E-state index in [0.717, 1.165) is 61.6 Å². The molecule has 8 heteroatoms. The number of aromatic nitrogens is 1. The fraction of sp³-hybridized carbons (Fsp3) is 0.455. The standard InChI is InChI=1S/C22H30N6O2/c1-3-23-22(25-14-17-6-7-19-20(13-17)30-16-29-19)26-15-18-5-4-8-24-21(18)28-11-9-27(2)10-12-28/h4-8,13H,3,9-12,14-16H2,1-2H3,(H2,23,25,26). The SMILES string of the molecule is CCNC(=NCc1ccc2c(c1)OCO2)NCc1cccnc1N1CCN(C)CC1. The summed E-state index contributed by atoms with van der Waals surface area (Å²) >= 11 is 0. The molecular weight excluding hydrogens is 380 g/mol. The maximum atomic E-state index is 5.46. The second kappa shape index (κ2) is 9.67. The number of hydrogen-bond donors (Lipinski definition) is 2. The van der Waals surface area contributed by atoms with Crippen molar-refractivity contribution in [3.8, 4) is 11.5 Å². The summed E-state index contributed by atoms with van der Waals surface area (Å²) in [5.74, 6) is 3.42. The molecule has 3 heterocycles. The molecular formula is C22H30N6O2. The Hall–Kier alpha value is -3.00. The molecule has 1 aromatic heterocycles. The average Bonchev–Trinajstić information content (AvgIpc) is 3.24. The molecule has 0 saturated carbocycles. The average molecular weight is 411 g/mol. The van der Waals surface area contributed by atoms with Crippen molar-refractivity contribution < 1.29 is 9.47 Å². The highest BCUT2D eigenvalue weighted by molar-refractivity contribution is 5.79. The van der Waals surface area contributed by atoms with Crippen LogP contribution < -0.4 is 25.0 Å². The van der Waals surface area contributed by atoms with Crippen LogP contribution in [0.3, 0.4) is 0 Å². The van der Waals surface area contributed by atoms with Crippen LogP contribution in [0.1, 0.15) is 18.1 Å². The Bertz CT molecular complexity index is 880. The maximum absolute atomic E-state index is 5.46.